The van der Waals surface area contributed by atoms with Crippen molar-refractivity contribution in [1.82, 2.24) is 14.4 Å². The Morgan fingerprint density at radius 1 is 1.17 bits per heavy atom. The molecule has 1 aromatic carbocycles. The minimum atomic E-state index is -3.86. The van der Waals surface area contributed by atoms with Crippen LogP contribution in [-0.2, 0) is 16.4 Å². The number of nitrogens with two attached hydrogens (primary N) is 1. The van der Waals surface area contributed by atoms with Crippen LogP contribution >= 0.6 is 0 Å². The van der Waals surface area contributed by atoms with Crippen molar-refractivity contribution in [2.45, 2.75) is 24.7 Å². The molecule has 2 aliphatic heterocycles. The van der Waals surface area contributed by atoms with E-state index in [1.54, 1.807) is 0 Å². The maximum atomic E-state index is 13.1. The number of carbonyl (C=O) groups is 1. The molecule has 0 bridgehead atoms. The number of carbonyl (C=O) groups excluding carboxylic acids is 1. The molecule has 0 spiro atoms. The van der Waals surface area contributed by atoms with Crippen molar-refractivity contribution in [3.63, 3.8) is 0 Å². The molecule has 2 saturated heterocycles. The second kappa shape index (κ2) is 7.89. The second-order valence-electron chi connectivity index (χ2n) is 7.98. The number of sulfonamides is 1. The van der Waals surface area contributed by atoms with Crippen LogP contribution in [0, 0.1) is 18.8 Å². The van der Waals surface area contributed by atoms with E-state index in [0.717, 1.165) is 32.5 Å². The Morgan fingerprint density at radius 3 is 2.45 bits per heavy atom. The van der Waals surface area contributed by atoms with Crippen LogP contribution in [0.1, 0.15) is 28.2 Å². The van der Waals surface area contributed by atoms with Gasteiger partial charge in [0, 0.05) is 26.2 Å². The van der Waals surface area contributed by atoms with Gasteiger partial charge in [0.25, 0.3) is 5.91 Å². The number of likely N-dealkylation sites (tertiary alicyclic amines) is 1. The van der Waals surface area contributed by atoms with Gasteiger partial charge in [-0.05, 0) is 43.7 Å². The number of benzene rings is 1. The lowest BCUT2D eigenvalue weighted by atomic mass is 10.0. The zero-order chi connectivity index (χ0) is 20.6. The van der Waals surface area contributed by atoms with E-state index in [-0.39, 0.29) is 16.3 Å². The van der Waals surface area contributed by atoms with Crippen LogP contribution < -0.4 is 5.73 Å². The average Bonchev–Trinajstić information content (AvgIpc) is 3.35. The molecule has 2 aliphatic rings. The summed E-state index contributed by atoms with van der Waals surface area (Å²) in [7, 11) is -3.86. The molecule has 156 valence electrons. The number of nitrogens with zero attached hydrogens (tertiary/aromatic N) is 3. The Kier molecular flexibility index (Phi) is 5.46. The smallest absolute Gasteiger partial charge is 0.288 e. The summed E-state index contributed by atoms with van der Waals surface area (Å²) in [5, 5.41) is 3.63. The molecule has 1 unspecified atom stereocenters. The van der Waals surface area contributed by atoms with Crippen LogP contribution in [0.4, 0.5) is 0 Å². The Balaban J connectivity index is 1.35. The summed E-state index contributed by atoms with van der Waals surface area (Å²) < 4.78 is 32.5. The Labute approximate surface area is 170 Å². The molecule has 2 aromatic rings. The number of aromatic nitrogens is 1. The van der Waals surface area contributed by atoms with E-state index < -0.39 is 15.9 Å². The van der Waals surface area contributed by atoms with Crippen LogP contribution in [0.2, 0.25) is 0 Å². The molecule has 9 heteroatoms. The molecule has 0 aliphatic carbocycles. The number of rotatable bonds is 7. The topological polar surface area (TPSA) is 110 Å². The largest absolute Gasteiger partial charge is 0.363 e. The summed E-state index contributed by atoms with van der Waals surface area (Å²) in [5.74, 6) is -0.701. The van der Waals surface area contributed by atoms with Crippen LogP contribution in [0.25, 0.3) is 0 Å². The van der Waals surface area contributed by atoms with Gasteiger partial charge < -0.3 is 15.2 Å². The summed E-state index contributed by atoms with van der Waals surface area (Å²) >= 11 is 0. The van der Waals surface area contributed by atoms with Gasteiger partial charge in [0.05, 0.1) is 0 Å². The highest BCUT2D eigenvalue weighted by molar-refractivity contribution is 7.89. The van der Waals surface area contributed by atoms with E-state index in [1.165, 1.54) is 16.8 Å². The fourth-order valence-electron chi connectivity index (χ4n) is 4.53. The predicted molar refractivity (Wildman–Crippen MR) is 107 cm³/mol. The molecule has 1 aromatic heterocycles. The molecular formula is C20H26N4O4S. The third-order valence-electron chi connectivity index (χ3n) is 5.94. The first-order valence-electron chi connectivity index (χ1n) is 9.88. The first-order valence-corrected chi connectivity index (χ1v) is 11.3. The highest BCUT2D eigenvalue weighted by atomic mass is 32.2. The van der Waals surface area contributed by atoms with Gasteiger partial charge in [0.2, 0.25) is 15.8 Å². The third kappa shape index (κ3) is 3.94. The molecule has 0 saturated carbocycles. The van der Waals surface area contributed by atoms with Gasteiger partial charge >= 0.3 is 0 Å². The number of primary amides is 1. The average molecular weight is 419 g/mol. The van der Waals surface area contributed by atoms with E-state index in [4.69, 9.17) is 10.3 Å². The van der Waals surface area contributed by atoms with Gasteiger partial charge in [0.1, 0.15) is 5.69 Å². The van der Waals surface area contributed by atoms with E-state index in [1.807, 2.05) is 6.07 Å². The van der Waals surface area contributed by atoms with Crippen molar-refractivity contribution in [2.24, 2.45) is 17.6 Å². The van der Waals surface area contributed by atoms with Crippen LogP contribution in [0.15, 0.2) is 39.8 Å². The summed E-state index contributed by atoms with van der Waals surface area (Å²) in [6.45, 7) is 5.23. The van der Waals surface area contributed by atoms with Gasteiger partial charge in [-0.1, -0.05) is 35.5 Å². The van der Waals surface area contributed by atoms with E-state index in [2.05, 4.69) is 34.3 Å². The van der Waals surface area contributed by atoms with Crippen molar-refractivity contribution >= 4 is 15.9 Å². The Bertz CT molecular complexity index is 975. The maximum Gasteiger partial charge on any atom is 0.288 e. The Morgan fingerprint density at radius 2 is 1.83 bits per heavy atom. The maximum absolute atomic E-state index is 13.1. The van der Waals surface area contributed by atoms with Gasteiger partial charge in [-0.15, -0.1) is 0 Å². The van der Waals surface area contributed by atoms with Crippen molar-refractivity contribution in [2.75, 3.05) is 32.7 Å². The third-order valence-corrected chi connectivity index (χ3v) is 7.92. The number of fused-ring (bicyclic) bond motifs is 1. The number of amides is 1. The fraction of sp³-hybridized carbons (Fsp3) is 0.500. The Hall–Kier alpha value is -2.23. The number of aryl methyl sites for hydroxylation is 2. The molecule has 3 heterocycles. The zero-order valence-electron chi connectivity index (χ0n) is 16.5. The number of hydrogen-bond donors (Lipinski definition) is 1. The van der Waals surface area contributed by atoms with Gasteiger partial charge in [-0.2, -0.15) is 4.31 Å². The lowest BCUT2D eigenvalue weighted by molar-refractivity contribution is 0.0960. The molecule has 2 fully saturated rings. The van der Waals surface area contributed by atoms with Crippen LogP contribution in [0.5, 0.6) is 0 Å². The summed E-state index contributed by atoms with van der Waals surface area (Å²) in [6.07, 6.45) is 2.14. The molecule has 1 amide bonds. The highest BCUT2D eigenvalue weighted by Crippen LogP contribution is 2.35. The first kappa shape index (κ1) is 20.1. The van der Waals surface area contributed by atoms with E-state index in [9.17, 15) is 13.2 Å². The van der Waals surface area contributed by atoms with Gasteiger partial charge in [-0.25, -0.2) is 8.42 Å². The number of hydrogen-bond acceptors (Lipinski definition) is 6. The van der Waals surface area contributed by atoms with Crippen molar-refractivity contribution in [1.29, 1.82) is 0 Å². The minimum Gasteiger partial charge on any atom is -0.363 e. The molecule has 2 atom stereocenters. The summed E-state index contributed by atoms with van der Waals surface area (Å²) in [6, 6.07) is 10.4. The van der Waals surface area contributed by atoms with Gasteiger partial charge in [0.15, 0.2) is 4.90 Å². The van der Waals surface area contributed by atoms with Crippen LogP contribution in [0.3, 0.4) is 0 Å². The lowest BCUT2D eigenvalue weighted by Gasteiger charge is -2.21. The van der Waals surface area contributed by atoms with E-state index >= 15 is 0 Å². The van der Waals surface area contributed by atoms with Crippen molar-refractivity contribution in [3.05, 3.63) is 47.3 Å². The molecule has 8 nitrogen and oxygen atoms in total. The zero-order valence-corrected chi connectivity index (χ0v) is 17.3. The monoisotopic (exact) mass is 418 g/mol. The van der Waals surface area contributed by atoms with Gasteiger partial charge in [-0.3, -0.25) is 4.79 Å². The normalized spacial score (nSPS) is 22.8. The molecule has 0 radical (unpaired) electrons. The summed E-state index contributed by atoms with van der Waals surface area (Å²) in [4.78, 5) is 13.8. The molecule has 29 heavy (non-hydrogen) atoms. The highest BCUT2D eigenvalue weighted by Gasteiger charge is 2.46. The lowest BCUT2D eigenvalue weighted by Crippen LogP contribution is -2.34. The van der Waals surface area contributed by atoms with Crippen molar-refractivity contribution in [3.8, 4) is 0 Å². The second-order valence-corrected chi connectivity index (χ2v) is 9.86. The standard InChI is InChI=1S/C20H26N4O4S/c1-14-19(18(20(21)25)28-22-14)29(26,27)24-12-16-10-23(11-17(16)13-24)9-5-8-15-6-3-2-4-7-15/h2-4,6-7,16-17H,5,8-13H2,1H3,(H2,21,25)/t16-,17?/m0/s1. The predicted octanol–water partition coefficient (Wildman–Crippen LogP) is 1.27. The fourth-order valence-corrected chi connectivity index (χ4v) is 6.35. The molecular weight excluding hydrogens is 392 g/mol. The minimum absolute atomic E-state index is 0.165. The first-order chi connectivity index (χ1) is 13.9. The molecule has 2 N–H and O–H groups in total. The van der Waals surface area contributed by atoms with E-state index in [0.29, 0.717) is 24.9 Å². The van der Waals surface area contributed by atoms with Crippen molar-refractivity contribution < 1.29 is 17.7 Å². The van der Waals surface area contributed by atoms with Crippen LogP contribution in [-0.4, -0.2) is 61.4 Å². The SMILES string of the molecule is Cc1noc(C(N)=O)c1S(=O)(=O)N1CC2CN(CCCc3ccccc3)C[C@H]2C1. The quantitative estimate of drug-likeness (QED) is 0.725. The molecule has 4 rings (SSSR count). The summed E-state index contributed by atoms with van der Waals surface area (Å²) in [5.41, 5.74) is 6.77.